The van der Waals surface area contributed by atoms with Crippen LogP contribution in [-0.2, 0) is 10.0 Å². The predicted molar refractivity (Wildman–Crippen MR) is 67.1 cm³/mol. The molecule has 0 aromatic heterocycles. The molecule has 3 nitrogen and oxygen atoms in total. The van der Waals surface area contributed by atoms with Crippen LogP contribution in [0.1, 0.15) is 12.8 Å². The smallest absolute Gasteiger partial charge is 0.208 e. The topological polar surface area (TPSA) is 46.2 Å². The number of nitrogens with one attached hydrogen (secondary N) is 1. The molecule has 1 aromatic rings. The van der Waals surface area contributed by atoms with Crippen molar-refractivity contribution < 1.29 is 8.42 Å². The zero-order valence-corrected chi connectivity index (χ0v) is 11.5. The van der Waals surface area contributed by atoms with Crippen LogP contribution in [0.15, 0.2) is 33.6 Å². The number of rotatable bonds is 3. The second kappa shape index (κ2) is 4.64. The van der Waals surface area contributed by atoms with E-state index < -0.39 is 10.0 Å². The highest BCUT2D eigenvalue weighted by Gasteiger charge is 2.31. The molecule has 2 rings (SSSR count). The molecule has 0 aliphatic heterocycles. The molecule has 0 unspecified atom stereocenters. The minimum absolute atomic E-state index is 0.0218. The molecule has 1 aromatic carbocycles. The molecule has 0 spiro atoms. The monoisotopic (exact) mass is 323 g/mol. The summed E-state index contributed by atoms with van der Waals surface area (Å²) in [6, 6.07) is 6.62. The molecule has 0 saturated heterocycles. The van der Waals surface area contributed by atoms with Crippen LogP contribution >= 0.6 is 27.5 Å². The molecule has 6 heteroatoms. The van der Waals surface area contributed by atoms with Crippen LogP contribution in [-0.4, -0.2) is 19.8 Å². The van der Waals surface area contributed by atoms with Gasteiger partial charge in [0.2, 0.25) is 10.0 Å². The van der Waals surface area contributed by atoms with E-state index in [1.54, 1.807) is 24.3 Å². The normalized spacial score (nSPS) is 25.1. The molecule has 88 valence electrons. The van der Waals surface area contributed by atoms with Crippen molar-refractivity contribution in [2.75, 3.05) is 0 Å². The fourth-order valence-corrected chi connectivity index (χ4v) is 3.85. The van der Waals surface area contributed by atoms with Crippen molar-refractivity contribution >= 4 is 37.6 Å². The Hall–Kier alpha value is -0.100. The van der Waals surface area contributed by atoms with Gasteiger partial charge in [0.05, 0.1) is 4.90 Å². The summed E-state index contributed by atoms with van der Waals surface area (Å²) in [4.78, 5) is 0.278. The van der Waals surface area contributed by atoms with Gasteiger partial charge in [-0.25, -0.2) is 13.1 Å². The lowest BCUT2D eigenvalue weighted by Crippen LogP contribution is -2.44. The van der Waals surface area contributed by atoms with E-state index in [4.69, 9.17) is 11.6 Å². The molecule has 0 amide bonds. The highest BCUT2D eigenvalue weighted by Crippen LogP contribution is 2.27. The van der Waals surface area contributed by atoms with Crippen molar-refractivity contribution in [2.24, 2.45) is 0 Å². The van der Waals surface area contributed by atoms with Crippen molar-refractivity contribution in [1.82, 2.24) is 4.72 Å². The number of halogens is 2. The third-order valence-electron chi connectivity index (χ3n) is 2.51. The molecule has 0 atom stereocenters. The molecule has 0 bridgehead atoms. The molecule has 0 heterocycles. The highest BCUT2D eigenvalue weighted by molar-refractivity contribution is 9.10. The number of sulfonamides is 1. The van der Waals surface area contributed by atoms with Gasteiger partial charge in [-0.2, -0.15) is 0 Å². The Balaban J connectivity index is 2.13. The van der Waals surface area contributed by atoms with Crippen molar-refractivity contribution in [1.29, 1.82) is 0 Å². The molecule has 1 fully saturated rings. The van der Waals surface area contributed by atoms with Crippen LogP contribution in [0.2, 0.25) is 0 Å². The average molecular weight is 325 g/mol. The van der Waals surface area contributed by atoms with Gasteiger partial charge in [0.25, 0.3) is 0 Å². The molecular formula is C10H11BrClNO2S. The molecule has 16 heavy (non-hydrogen) atoms. The summed E-state index contributed by atoms with van der Waals surface area (Å²) < 4.78 is 27.2. The van der Waals surface area contributed by atoms with E-state index in [1.165, 1.54) is 0 Å². The van der Waals surface area contributed by atoms with Gasteiger partial charge < -0.3 is 0 Å². The number of alkyl halides is 1. The van der Waals surface area contributed by atoms with Crippen molar-refractivity contribution in [3.8, 4) is 0 Å². The number of hydrogen-bond donors (Lipinski definition) is 1. The van der Waals surface area contributed by atoms with Crippen LogP contribution in [0, 0.1) is 0 Å². The lowest BCUT2D eigenvalue weighted by atomic mass is 9.94. The van der Waals surface area contributed by atoms with Gasteiger partial charge in [0.15, 0.2) is 0 Å². The summed E-state index contributed by atoms with van der Waals surface area (Å²) in [5.41, 5.74) is 0. The summed E-state index contributed by atoms with van der Waals surface area (Å²) in [6.07, 6.45) is 1.41. The van der Waals surface area contributed by atoms with E-state index in [1.807, 2.05) is 0 Å². The second-order valence-corrected chi connectivity index (χ2v) is 7.09. The maximum atomic E-state index is 11.9. The van der Waals surface area contributed by atoms with E-state index in [0.717, 1.165) is 4.47 Å². The first-order valence-corrected chi connectivity index (χ1v) is 7.60. The fraction of sp³-hybridized carbons (Fsp3) is 0.400. The molecule has 1 N–H and O–H groups in total. The number of benzene rings is 1. The second-order valence-electron chi connectivity index (χ2n) is 3.84. The zero-order chi connectivity index (χ0) is 11.8. The number of hydrogen-bond acceptors (Lipinski definition) is 2. The largest absolute Gasteiger partial charge is 0.240 e. The standard InChI is InChI=1S/C10H11BrClNO2S/c11-7-2-1-3-10(4-7)16(14,15)13-9-5-8(12)6-9/h1-4,8-9,13H,5-6H2. The summed E-state index contributed by atoms with van der Waals surface area (Å²) in [5.74, 6) is 0. The van der Waals surface area contributed by atoms with Crippen LogP contribution < -0.4 is 4.72 Å². The summed E-state index contributed by atoms with van der Waals surface area (Å²) in [5, 5.41) is 0.107. The average Bonchev–Trinajstić information content (AvgIpc) is 2.15. The quantitative estimate of drug-likeness (QED) is 0.868. The zero-order valence-electron chi connectivity index (χ0n) is 8.36. The lowest BCUT2D eigenvalue weighted by Gasteiger charge is -2.31. The Morgan fingerprint density at radius 3 is 2.62 bits per heavy atom. The Morgan fingerprint density at radius 1 is 1.38 bits per heavy atom. The lowest BCUT2D eigenvalue weighted by molar-refractivity contribution is 0.391. The molecule has 1 aliphatic carbocycles. The van der Waals surface area contributed by atoms with Gasteiger partial charge in [0, 0.05) is 15.9 Å². The van der Waals surface area contributed by atoms with Crippen molar-refractivity contribution in [3.63, 3.8) is 0 Å². The third-order valence-corrected chi connectivity index (χ3v) is 4.88. The third kappa shape index (κ3) is 2.77. The minimum atomic E-state index is -3.40. The van der Waals surface area contributed by atoms with Crippen LogP contribution in [0.4, 0.5) is 0 Å². The van der Waals surface area contributed by atoms with E-state index in [9.17, 15) is 8.42 Å². The Morgan fingerprint density at radius 2 is 2.06 bits per heavy atom. The SMILES string of the molecule is O=S(=O)(NC1CC(Cl)C1)c1cccc(Br)c1. The Labute approximate surface area is 108 Å². The van der Waals surface area contributed by atoms with Gasteiger partial charge >= 0.3 is 0 Å². The minimum Gasteiger partial charge on any atom is -0.208 e. The summed E-state index contributed by atoms with van der Waals surface area (Å²) in [6.45, 7) is 0. The molecule has 1 saturated carbocycles. The first-order chi connectivity index (χ1) is 7.47. The molecule has 1 aliphatic rings. The van der Waals surface area contributed by atoms with E-state index >= 15 is 0 Å². The first-order valence-electron chi connectivity index (χ1n) is 4.89. The predicted octanol–water partition coefficient (Wildman–Crippen LogP) is 2.50. The Kier molecular flexibility index (Phi) is 3.59. The highest BCUT2D eigenvalue weighted by atomic mass is 79.9. The van der Waals surface area contributed by atoms with Gasteiger partial charge in [-0.1, -0.05) is 22.0 Å². The van der Waals surface area contributed by atoms with Crippen molar-refractivity contribution in [2.45, 2.75) is 29.2 Å². The maximum Gasteiger partial charge on any atom is 0.240 e. The van der Waals surface area contributed by atoms with E-state index in [2.05, 4.69) is 20.7 Å². The Bertz CT molecular complexity index is 485. The molecule has 0 radical (unpaired) electrons. The maximum absolute atomic E-state index is 11.9. The van der Waals surface area contributed by atoms with Crippen molar-refractivity contribution in [3.05, 3.63) is 28.7 Å². The van der Waals surface area contributed by atoms with Crippen LogP contribution in [0.5, 0.6) is 0 Å². The van der Waals surface area contributed by atoms with Gasteiger partial charge in [-0.05, 0) is 31.0 Å². The summed E-state index contributed by atoms with van der Waals surface area (Å²) >= 11 is 9.05. The fourth-order valence-electron chi connectivity index (χ4n) is 1.57. The van der Waals surface area contributed by atoms with Crippen LogP contribution in [0.25, 0.3) is 0 Å². The van der Waals surface area contributed by atoms with Gasteiger partial charge in [0.1, 0.15) is 0 Å². The van der Waals surface area contributed by atoms with Crippen LogP contribution in [0.3, 0.4) is 0 Å². The first kappa shape index (κ1) is 12.4. The van der Waals surface area contributed by atoms with E-state index in [-0.39, 0.29) is 16.3 Å². The summed E-state index contributed by atoms with van der Waals surface area (Å²) in [7, 11) is -3.40. The van der Waals surface area contributed by atoms with E-state index in [0.29, 0.717) is 12.8 Å². The molecular weight excluding hydrogens is 314 g/mol. The van der Waals surface area contributed by atoms with Gasteiger partial charge in [-0.15, -0.1) is 11.6 Å². The van der Waals surface area contributed by atoms with Gasteiger partial charge in [-0.3, -0.25) is 0 Å².